The minimum atomic E-state index is -0.783. The third-order valence-electron chi connectivity index (χ3n) is 7.00. The number of rotatable bonds is 7. The maximum Gasteiger partial charge on any atom is 0.107 e. The smallest absolute Gasteiger partial charge is 0.107 e. The molecule has 1 saturated heterocycles. The van der Waals surface area contributed by atoms with Crippen molar-refractivity contribution in [3.05, 3.63) is 108 Å². The molecule has 1 aliphatic rings. The average Bonchev–Trinajstić information content (AvgIpc) is 2.87. The molecule has 0 amide bonds. The van der Waals surface area contributed by atoms with E-state index in [2.05, 4.69) is 35.7 Å². The lowest BCUT2D eigenvalue weighted by atomic mass is 9.65. The summed E-state index contributed by atoms with van der Waals surface area (Å²) >= 11 is 0. The number of aliphatic hydroxyl groups is 1. The second-order valence-electron chi connectivity index (χ2n) is 8.58. The van der Waals surface area contributed by atoms with Crippen molar-refractivity contribution in [3.8, 4) is 6.07 Å². The normalized spacial score (nSPS) is 16.9. The molecule has 0 aromatic heterocycles. The Kier molecular flexibility index (Phi) is 6.51. The van der Waals surface area contributed by atoms with E-state index in [-0.39, 0.29) is 5.41 Å². The van der Waals surface area contributed by atoms with Crippen molar-refractivity contribution in [2.45, 2.75) is 42.6 Å². The number of nitrogens with one attached hydrogen (secondary N) is 1. The maximum atomic E-state index is 11.6. The molecular formula is C28H30N2O. The van der Waals surface area contributed by atoms with Crippen molar-refractivity contribution in [2.75, 3.05) is 13.1 Å². The van der Waals surface area contributed by atoms with Crippen molar-refractivity contribution in [1.29, 1.82) is 5.26 Å². The van der Waals surface area contributed by atoms with Crippen molar-refractivity contribution in [2.24, 2.45) is 0 Å². The zero-order valence-corrected chi connectivity index (χ0v) is 17.9. The molecule has 0 spiro atoms. The number of nitriles is 1. The van der Waals surface area contributed by atoms with Crippen LogP contribution in [0.15, 0.2) is 91.0 Å². The first-order chi connectivity index (χ1) is 15.2. The molecule has 1 fully saturated rings. The van der Waals surface area contributed by atoms with E-state index in [1.54, 1.807) is 0 Å². The SMILES string of the molecule is N#CC(CCC(O)C1(c2ccccc2)CCNCC1)(c1ccccc1)c1ccccc1. The lowest BCUT2D eigenvalue weighted by Crippen LogP contribution is -2.48. The summed E-state index contributed by atoms with van der Waals surface area (Å²) in [7, 11) is 0. The second-order valence-corrected chi connectivity index (χ2v) is 8.58. The Labute approximate surface area is 185 Å². The molecule has 3 aromatic carbocycles. The molecule has 0 bridgehead atoms. The van der Waals surface area contributed by atoms with E-state index >= 15 is 0 Å². The minimum Gasteiger partial charge on any atom is -0.392 e. The van der Waals surface area contributed by atoms with Gasteiger partial charge in [0.05, 0.1) is 12.2 Å². The van der Waals surface area contributed by atoms with Gasteiger partial charge in [0.15, 0.2) is 0 Å². The van der Waals surface area contributed by atoms with Crippen molar-refractivity contribution < 1.29 is 5.11 Å². The van der Waals surface area contributed by atoms with E-state index in [0.29, 0.717) is 12.8 Å². The van der Waals surface area contributed by atoms with Crippen LogP contribution in [0.1, 0.15) is 42.4 Å². The number of aliphatic hydroxyl groups excluding tert-OH is 1. The van der Waals surface area contributed by atoms with Gasteiger partial charge in [-0.25, -0.2) is 0 Å². The van der Waals surface area contributed by atoms with Gasteiger partial charge in [0.1, 0.15) is 5.41 Å². The van der Waals surface area contributed by atoms with E-state index in [1.807, 2.05) is 66.7 Å². The molecule has 1 atom stereocenters. The topological polar surface area (TPSA) is 56.0 Å². The van der Waals surface area contributed by atoms with Crippen molar-refractivity contribution in [3.63, 3.8) is 0 Å². The fourth-order valence-electron chi connectivity index (χ4n) is 5.17. The van der Waals surface area contributed by atoms with Crippen LogP contribution < -0.4 is 5.32 Å². The molecule has 4 rings (SSSR count). The van der Waals surface area contributed by atoms with Crippen LogP contribution in [0.25, 0.3) is 0 Å². The highest BCUT2D eigenvalue weighted by Crippen LogP contribution is 2.42. The third-order valence-corrected chi connectivity index (χ3v) is 7.00. The number of nitrogens with zero attached hydrogens (tertiary/aromatic N) is 1. The highest BCUT2D eigenvalue weighted by Gasteiger charge is 2.43. The third kappa shape index (κ3) is 4.14. The molecule has 31 heavy (non-hydrogen) atoms. The first-order valence-corrected chi connectivity index (χ1v) is 11.2. The van der Waals surface area contributed by atoms with E-state index in [4.69, 9.17) is 0 Å². The molecular weight excluding hydrogens is 380 g/mol. The molecule has 0 aliphatic carbocycles. The summed E-state index contributed by atoms with van der Waals surface area (Å²) in [5.74, 6) is 0. The van der Waals surface area contributed by atoms with Crippen LogP contribution >= 0.6 is 0 Å². The van der Waals surface area contributed by atoms with Gasteiger partial charge in [-0.2, -0.15) is 5.26 Å². The predicted octanol–water partition coefficient (Wildman–Crippen LogP) is 4.96. The van der Waals surface area contributed by atoms with Gasteiger partial charge >= 0.3 is 0 Å². The lowest BCUT2D eigenvalue weighted by molar-refractivity contribution is 0.0471. The largest absolute Gasteiger partial charge is 0.392 e. The van der Waals surface area contributed by atoms with Crippen molar-refractivity contribution >= 4 is 0 Å². The quantitative estimate of drug-likeness (QED) is 0.579. The van der Waals surface area contributed by atoms with Crippen LogP contribution in [-0.2, 0) is 10.8 Å². The molecule has 3 aromatic rings. The molecule has 1 heterocycles. The molecule has 3 heteroatoms. The molecule has 0 radical (unpaired) electrons. The number of hydrogen-bond acceptors (Lipinski definition) is 3. The number of benzene rings is 3. The van der Waals surface area contributed by atoms with E-state index in [1.165, 1.54) is 5.56 Å². The zero-order valence-electron chi connectivity index (χ0n) is 17.9. The van der Waals surface area contributed by atoms with E-state index in [0.717, 1.165) is 37.1 Å². The Balaban J connectivity index is 1.67. The summed E-state index contributed by atoms with van der Waals surface area (Å²) in [6.07, 6.45) is 2.41. The molecule has 0 saturated carbocycles. The van der Waals surface area contributed by atoms with E-state index in [9.17, 15) is 10.4 Å². The van der Waals surface area contributed by atoms with Gasteiger partial charge < -0.3 is 10.4 Å². The Hall–Kier alpha value is -2.93. The van der Waals surface area contributed by atoms with Crippen LogP contribution in [0.5, 0.6) is 0 Å². The van der Waals surface area contributed by atoms with Crippen molar-refractivity contribution in [1.82, 2.24) is 5.32 Å². The first-order valence-electron chi connectivity index (χ1n) is 11.2. The van der Waals surface area contributed by atoms with Gasteiger partial charge in [0, 0.05) is 5.41 Å². The fourth-order valence-corrected chi connectivity index (χ4v) is 5.17. The summed E-state index contributed by atoms with van der Waals surface area (Å²) in [5, 5.41) is 25.5. The summed E-state index contributed by atoms with van der Waals surface area (Å²) in [6.45, 7) is 1.79. The fraction of sp³-hybridized carbons (Fsp3) is 0.321. The van der Waals surface area contributed by atoms with Gasteiger partial charge in [0.25, 0.3) is 0 Å². The van der Waals surface area contributed by atoms with Crippen LogP contribution in [0.3, 0.4) is 0 Å². The summed E-state index contributed by atoms with van der Waals surface area (Å²) < 4.78 is 0. The molecule has 1 aliphatic heterocycles. The Bertz CT molecular complexity index is 950. The second kappa shape index (κ2) is 9.47. The number of piperidine rings is 1. The van der Waals surface area contributed by atoms with Gasteiger partial charge in [-0.1, -0.05) is 91.0 Å². The Morgan fingerprint density at radius 2 is 1.32 bits per heavy atom. The summed E-state index contributed by atoms with van der Waals surface area (Å²) in [6, 6.07) is 33.1. The van der Waals surface area contributed by atoms with E-state index < -0.39 is 11.5 Å². The molecule has 158 valence electrons. The Morgan fingerprint density at radius 3 is 1.81 bits per heavy atom. The first kappa shape index (κ1) is 21.3. The molecule has 3 nitrogen and oxygen atoms in total. The minimum absolute atomic E-state index is 0.277. The highest BCUT2D eigenvalue weighted by molar-refractivity contribution is 5.45. The highest BCUT2D eigenvalue weighted by atomic mass is 16.3. The molecule has 2 N–H and O–H groups in total. The van der Waals surface area contributed by atoms with Gasteiger partial charge in [-0.3, -0.25) is 0 Å². The lowest BCUT2D eigenvalue weighted by Gasteiger charge is -2.43. The Morgan fingerprint density at radius 1 is 0.839 bits per heavy atom. The average molecular weight is 411 g/mol. The monoisotopic (exact) mass is 410 g/mol. The number of hydrogen-bond donors (Lipinski definition) is 2. The summed E-state index contributed by atoms with van der Waals surface area (Å²) in [5.41, 5.74) is 2.10. The standard InChI is InChI=1S/C28H30N2O/c29-22-28(24-12-6-2-7-13-24,25-14-8-3-9-15-25)17-16-26(31)27(18-20-30-21-19-27)23-10-4-1-5-11-23/h1-15,26,30-31H,16-21H2. The van der Waals surface area contributed by atoms with Gasteiger partial charge in [-0.15, -0.1) is 0 Å². The predicted molar refractivity (Wildman–Crippen MR) is 125 cm³/mol. The van der Waals surface area contributed by atoms with Crippen LogP contribution in [0.4, 0.5) is 0 Å². The van der Waals surface area contributed by atoms with Gasteiger partial charge in [-0.05, 0) is 55.5 Å². The molecule has 1 unspecified atom stereocenters. The maximum absolute atomic E-state index is 11.6. The van der Waals surface area contributed by atoms with Crippen LogP contribution in [-0.4, -0.2) is 24.3 Å². The van der Waals surface area contributed by atoms with Crippen LogP contribution in [0, 0.1) is 11.3 Å². The van der Waals surface area contributed by atoms with Crippen LogP contribution in [0.2, 0.25) is 0 Å². The van der Waals surface area contributed by atoms with Gasteiger partial charge in [0.2, 0.25) is 0 Å². The zero-order chi connectivity index (χ0) is 21.6. The summed E-state index contributed by atoms with van der Waals surface area (Å²) in [4.78, 5) is 0.